The minimum Gasteiger partial charge on any atom is -0.497 e. The van der Waals surface area contributed by atoms with Crippen molar-refractivity contribution in [2.24, 2.45) is 0 Å². The van der Waals surface area contributed by atoms with Crippen molar-refractivity contribution in [3.8, 4) is 17.4 Å². The fourth-order valence-electron chi connectivity index (χ4n) is 3.34. The smallest absolute Gasteiger partial charge is 0.257 e. The molecule has 0 aliphatic carbocycles. The van der Waals surface area contributed by atoms with Gasteiger partial charge in [0.2, 0.25) is 0 Å². The molecule has 28 heavy (non-hydrogen) atoms. The Labute approximate surface area is 165 Å². The molecule has 7 heteroatoms. The Morgan fingerprint density at radius 3 is 2.36 bits per heavy atom. The second kappa shape index (κ2) is 9.68. The maximum atomic E-state index is 13.9. The highest BCUT2D eigenvalue weighted by atomic mass is 19.1. The van der Waals surface area contributed by atoms with Gasteiger partial charge in [-0.2, -0.15) is 0 Å². The van der Waals surface area contributed by atoms with Crippen LogP contribution in [0.15, 0.2) is 18.2 Å². The first-order chi connectivity index (χ1) is 13.5. The van der Waals surface area contributed by atoms with Crippen molar-refractivity contribution in [1.82, 2.24) is 14.9 Å². The number of aryl methyl sites for hydroxylation is 2. The first-order valence-corrected chi connectivity index (χ1v) is 9.72. The van der Waals surface area contributed by atoms with Gasteiger partial charge in [-0.05, 0) is 39.8 Å². The molecule has 1 fully saturated rings. The molecule has 0 aromatic carbocycles. The molecular weight excluding hydrogens is 361 g/mol. The van der Waals surface area contributed by atoms with Gasteiger partial charge in [-0.15, -0.1) is 0 Å². The van der Waals surface area contributed by atoms with Crippen LogP contribution >= 0.6 is 0 Å². The van der Waals surface area contributed by atoms with Crippen molar-refractivity contribution in [3.63, 3.8) is 0 Å². The molecule has 0 N–H and O–H groups in total. The van der Waals surface area contributed by atoms with E-state index in [1.54, 1.807) is 7.11 Å². The zero-order chi connectivity index (χ0) is 19.9. The highest BCUT2D eigenvalue weighted by molar-refractivity contribution is 5.36. The number of nitrogens with zero attached hydrogens (tertiary/aromatic N) is 3. The number of hydrogen-bond acceptors (Lipinski definition) is 6. The van der Waals surface area contributed by atoms with Crippen molar-refractivity contribution in [1.29, 1.82) is 0 Å². The van der Waals surface area contributed by atoms with Crippen LogP contribution in [0.5, 0.6) is 17.4 Å². The zero-order valence-corrected chi connectivity index (χ0v) is 16.8. The van der Waals surface area contributed by atoms with E-state index in [2.05, 4.69) is 14.9 Å². The first-order valence-electron chi connectivity index (χ1n) is 9.72. The Morgan fingerprint density at radius 2 is 1.68 bits per heavy atom. The molecule has 2 aromatic heterocycles. The monoisotopic (exact) mass is 389 g/mol. The summed E-state index contributed by atoms with van der Waals surface area (Å²) in [7, 11) is 1.66. The molecule has 4 rings (SSSR count). The summed E-state index contributed by atoms with van der Waals surface area (Å²) in [5, 5.41) is 0. The SMILES string of the molecule is COc1cc(C)nc(C)c1.Fc1cc2c(nc1CN1CCCCC1)OCCO2. The lowest BCUT2D eigenvalue weighted by Gasteiger charge is -2.26. The lowest BCUT2D eigenvalue weighted by molar-refractivity contribution is 0.160. The van der Waals surface area contributed by atoms with Gasteiger partial charge in [0.1, 0.15) is 24.8 Å². The number of pyridine rings is 2. The molecule has 0 atom stereocenters. The van der Waals surface area contributed by atoms with E-state index in [0.717, 1.165) is 30.2 Å². The molecule has 1 saturated heterocycles. The topological polar surface area (TPSA) is 56.7 Å². The molecule has 2 aliphatic rings. The Morgan fingerprint density at radius 1 is 1.00 bits per heavy atom. The van der Waals surface area contributed by atoms with Gasteiger partial charge < -0.3 is 14.2 Å². The molecule has 0 unspecified atom stereocenters. The summed E-state index contributed by atoms with van der Waals surface area (Å²) >= 11 is 0. The number of likely N-dealkylation sites (tertiary alicyclic amines) is 1. The summed E-state index contributed by atoms with van der Waals surface area (Å²) in [6, 6.07) is 5.21. The third-order valence-corrected chi connectivity index (χ3v) is 4.67. The number of aromatic nitrogens is 2. The van der Waals surface area contributed by atoms with Crippen LogP contribution in [0.3, 0.4) is 0 Å². The molecule has 0 radical (unpaired) electrons. The van der Waals surface area contributed by atoms with E-state index in [4.69, 9.17) is 14.2 Å². The summed E-state index contributed by atoms with van der Waals surface area (Å²) in [4.78, 5) is 10.7. The van der Waals surface area contributed by atoms with Gasteiger partial charge in [0.25, 0.3) is 5.88 Å². The third-order valence-electron chi connectivity index (χ3n) is 4.67. The molecular formula is C21H28FN3O3. The van der Waals surface area contributed by atoms with Crippen molar-refractivity contribution >= 4 is 0 Å². The molecule has 2 aromatic rings. The molecule has 0 bridgehead atoms. The van der Waals surface area contributed by atoms with E-state index < -0.39 is 0 Å². The third kappa shape index (κ3) is 5.55. The fourth-order valence-corrected chi connectivity index (χ4v) is 3.34. The molecule has 2 aliphatic heterocycles. The van der Waals surface area contributed by atoms with Crippen molar-refractivity contribution < 1.29 is 18.6 Å². The normalized spacial score (nSPS) is 16.1. The van der Waals surface area contributed by atoms with Gasteiger partial charge in [-0.1, -0.05) is 6.42 Å². The summed E-state index contributed by atoms with van der Waals surface area (Å²) in [5.41, 5.74) is 2.45. The number of fused-ring (bicyclic) bond motifs is 1. The number of hydrogen-bond donors (Lipinski definition) is 0. The minimum atomic E-state index is -0.301. The molecule has 4 heterocycles. The quantitative estimate of drug-likeness (QED) is 0.798. The molecule has 0 amide bonds. The Kier molecular flexibility index (Phi) is 7.03. The molecule has 0 saturated carbocycles. The predicted molar refractivity (Wildman–Crippen MR) is 105 cm³/mol. The van der Waals surface area contributed by atoms with Gasteiger partial charge in [-0.25, -0.2) is 9.37 Å². The van der Waals surface area contributed by atoms with Crippen LogP contribution in [0.4, 0.5) is 4.39 Å². The predicted octanol–water partition coefficient (Wildman–Crippen LogP) is 3.68. The van der Waals surface area contributed by atoms with Gasteiger partial charge in [-0.3, -0.25) is 9.88 Å². The van der Waals surface area contributed by atoms with E-state index in [9.17, 15) is 4.39 Å². The second-order valence-electron chi connectivity index (χ2n) is 7.04. The maximum absolute atomic E-state index is 13.9. The number of ether oxygens (including phenoxy) is 3. The van der Waals surface area contributed by atoms with Crippen LogP contribution in [-0.2, 0) is 6.54 Å². The lowest BCUT2D eigenvalue weighted by Crippen LogP contribution is -2.30. The van der Waals surface area contributed by atoms with Crippen LogP contribution in [0.2, 0.25) is 0 Å². The standard InChI is InChI=1S/C13H17FN2O2.C8H11NO/c14-10-8-12-13(18-7-6-17-12)15-11(10)9-16-4-2-1-3-5-16;1-6-4-8(10-3)5-7(2)9-6/h8H,1-7,9H2;4-5H,1-3H3. The van der Waals surface area contributed by atoms with Gasteiger partial charge in [0.15, 0.2) is 5.75 Å². The minimum absolute atomic E-state index is 0.301. The zero-order valence-electron chi connectivity index (χ0n) is 16.8. The number of rotatable bonds is 3. The van der Waals surface area contributed by atoms with E-state index in [1.807, 2.05) is 26.0 Å². The number of halogens is 1. The Bertz CT molecular complexity index is 774. The molecule has 152 valence electrons. The van der Waals surface area contributed by atoms with Crippen LogP contribution in [0, 0.1) is 19.7 Å². The van der Waals surface area contributed by atoms with Gasteiger partial charge in [0.05, 0.1) is 12.8 Å². The van der Waals surface area contributed by atoms with E-state index >= 15 is 0 Å². The van der Waals surface area contributed by atoms with E-state index in [1.165, 1.54) is 25.3 Å². The van der Waals surface area contributed by atoms with Gasteiger partial charge in [0, 0.05) is 36.1 Å². The number of piperidine rings is 1. The fraction of sp³-hybridized carbons (Fsp3) is 0.524. The Balaban J connectivity index is 0.000000192. The average molecular weight is 389 g/mol. The van der Waals surface area contributed by atoms with E-state index in [-0.39, 0.29) is 5.82 Å². The summed E-state index contributed by atoms with van der Waals surface area (Å²) in [6.45, 7) is 7.45. The van der Waals surface area contributed by atoms with Crippen molar-refractivity contribution in [2.75, 3.05) is 33.4 Å². The van der Waals surface area contributed by atoms with Crippen LogP contribution in [0.25, 0.3) is 0 Å². The van der Waals surface area contributed by atoms with Crippen LogP contribution in [-0.4, -0.2) is 48.3 Å². The van der Waals surface area contributed by atoms with E-state index in [0.29, 0.717) is 37.1 Å². The molecule has 0 spiro atoms. The first kappa shape index (κ1) is 20.3. The van der Waals surface area contributed by atoms with Crippen LogP contribution in [0.1, 0.15) is 36.3 Å². The Hall–Kier alpha value is -2.41. The second-order valence-corrected chi connectivity index (χ2v) is 7.04. The highest BCUT2D eigenvalue weighted by Crippen LogP contribution is 2.30. The maximum Gasteiger partial charge on any atom is 0.257 e. The molecule has 6 nitrogen and oxygen atoms in total. The largest absolute Gasteiger partial charge is 0.497 e. The van der Waals surface area contributed by atoms with Gasteiger partial charge >= 0.3 is 0 Å². The summed E-state index contributed by atoms with van der Waals surface area (Å²) in [6.07, 6.45) is 3.64. The number of methoxy groups -OCH3 is 1. The summed E-state index contributed by atoms with van der Waals surface area (Å²) < 4.78 is 29.6. The van der Waals surface area contributed by atoms with Crippen molar-refractivity contribution in [2.45, 2.75) is 39.7 Å². The lowest BCUT2D eigenvalue weighted by atomic mass is 10.1. The average Bonchev–Trinajstić information content (AvgIpc) is 2.69. The van der Waals surface area contributed by atoms with Crippen molar-refractivity contribution in [3.05, 3.63) is 41.1 Å². The highest BCUT2D eigenvalue weighted by Gasteiger charge is 2.20. The summed E-state index contributed by atoms with van der Waals surface area (Å²) in [5.74, 6) is 1.42. The van der Waals surface area contributed by atoms with Crippen LogP contribution < -0.4 is 14.2 Å².